The quantitative estimate of drug-likeness (QED) is 0.358. The molecular formula is C20H22N2O8S. The van der Waals surface area contributed by atoms with Crippen LogP contribution in [-0.4, -0.2) is 51.5 Å². The molecular weight excluding hydrogens is 428 g/mol. The summed E-state index contributed by atoms with van der Waals surface area (Å²) < 4.78 is 43.5. The molecule has 0 N–H and O–H groups in total. The van der Waals surface area contributed by atoms with Crippen LogP contribution in [0.2, 0.25) is 0 Å². The van der Waals surface area contributed by atoms with E-state index in [1.165, 1.54) is 39.5 Å². The highest BCUT2D eigenvalue weighted by atomic mass is 32.2. The summed E-state index contributed by atoms with van der Waals surface area (Å²) in [5.74, 6) is 0.240. The summed E-state index contributed by atoms with van der Waals surface area (Å²) in [6.45, 7) is 0.0263. The molecule has 10 nitrogen and oxygen atoms in total. The molecule has 0 aromatic heterocycles. The largest absolute Gasteiger partial charge is 0.493 e. The third-order valence-electron chi connectivity index (χ3n) is 5.19. The van der Waals surface area contributed by atoms with E-state index in [4.69, 9.17) is 14.2 Å². The summed E-state index contributed by atoms with van der Waals surface area (Å²) in [5, 5.41) is 11.4. The van der Waals surface area contributed by atoms with Gasteiger partial charge in [-0.2, -0.15) is 4.31 Å². The van der Waals surface area contributed by atoms with Crippen LogP contribution in [0.4, 0.5) is 5.69 Å². The van der Waals surface area contributed by atoms with Crippen LogP contribution in [-0.2, 0) is 26.0 Å². The average molecular weight is 450 g/mol. The molecule has 0 fully saturated rings. The van der Waals surface area contributed by atoms with Gasteiger partial charge in [0.15, 0.2) is 16.4 Å². The van der Waals surface area contributed by atoms with Crippen molar-refractivity contribution in [1.82, 2.24) is 4.31 Å². The highest BCUT2D eigenvalue weighted by Crippen LogP contribution is 2.42. The highest BCUT2D eigenvalue weighted by molar-refractivity contribution is 7.89. The number of esters is 1. The van der Waals surface area contributed by atoms with Gasteiger partial charge in [-0.25, -0.2) is 8.42 Å². The molecule has 0 saturated carbocycles. The Morgan fingerprint density at radius 1 is 1.16 bits per heavy atom. The molecule has 1 heterocycles. The van der Waals surface area contributed by atoms with Crippen LogP contribution in [0, 0.1) is 10.1 Å². The molecule has 3 rings (SSSR count). The fourth-order valence-corrected chi connectivity index (χ4v) is 5.46. The Morgan fingerprint density at radius 2 is 1.81 bits per heavy atom. The normalized spacial score (nSPS) is 16.3. The van der Waals surface area contributed by atoms with E-state index in [0.717, 1.165) is 15.9 Å². The third-order valence-corrected chi connectivity index (χ3v) is 7.15. The Bertz CT molecular complexity index is 1120. The van der Waals surface area contributed by atoms with Gasteiger partial charge in [-0.3, -0.25) is 14.9 Å². The first-order valence-electron chi connectivity index (χ1n) is 9.31. The van der Waals surface area contributed by atoms with E-state index in [1.54, 1.807) is 12.1 Å². The van der Waals surface area contributed by atoms with Gasteiger partial charge in [-0.1, -0.05) is 12.1 Å². The number of methoxy groups -OCH3 is 3. The first-order valence-corrected chi connectivity index (χ1v) is 10.8. The molecule has 0 amide bonds. The van der Waals surface area contributed by atoms with Gasteiger partial charge in [0, 0.05) is 12.6 Å². The summed E-state index contributed by atoms with van der Waals surface area (Å²) in [6.07, 6.45) is 0.0616. The van der Waals surface area contributed by atoms with Gasteiger partial charge in [-0.05, 0) is 35.7 Å². The monoisotopic (exact) mass is 450 g/mol. The number of nitro groups is 1. The lowest BCUT2D eigenvalue weighted by atomic mass is 9.91. The lowest BCUT2D eigenvalue weighted by Crippen LogP contribution is -2.41. The fraction of sp³-hybridized carbons (Fsp3) is 0.350. The second kappa shape index (κ2) is 8.90. The van der Waals surface area contributed by atoms with Crippen LogP contribution in [0.1, 0.15) is 23.6 Å². The number of ether oxygens (including phenoxy) is 3. The molecule has 0 aliphatic carbocycles. The van der Waals surface area contributed by atoms with Gasteiger partial charge in [0.1, 0.15) is 0 Å². The van der Waals surface area contributed by atoms with Gasteiger partial charge in [-0.15, -0.1) is 0 Å². The van der Waals surface area contributed by atoms with Crippen LogP contribution in [0.5, 0.6) is 11.5 Å². The Balaban J connectivity index is 2.17. The van der Waals surface area contributed by atoms with Crippen molar-refractivity contribution in [3.05, 3.63) is 57.6 Å². The smallest absolute Gasteiger partial charge is 0.307 e. The van der Waals surface area contributed by atoms with E-state index in [1.807, 2.05) is 0 Å². The van der Waals surface area contributed by atoms with E-state index in [-0.39, 0.29) is 13.0 Å². The van der Waals surface area contributed by atoms with Crippen molar-refractivity contribution in [2.24, 2.45) is 0 Å². The standard InChI is InChI=1S/C20H22N2O8S/c1-28-17-10-13-8-9-21(16(12-20(23)30-3)14(13)11-18(17)29-2)31(26,27)19-7-5-4-6-15(19)22(24)25/h4-7,10-11,16H,8-9,12H2,1-3H3. The first-order chi connectivity index (χ1) is 14.7. The number of nitro benzene ring substituents is 1. The molecule has 0 saturated heterocycles. The number of sulfonamides is 1. The van der Waals surface area contributed by atoms with Crippen molar-refractivity contribution < 1.29 is 32.3 Å². The number of fused-ring (bicyclic) bond motifs is 1. The summed E-state index contributed by atoms with van der Waals surface area (Å²) in [6, 6.07) is 7.57. The van der Waals surface area contributed by atoms with Gasteiger partial charge in [0.2, 0.25) is 10.0 Å². The molecule has 0 radical (unpaired) electrons. The maximum absolute atomic E-state index is 13.5. The van der Waals surface area contributed by atoms with E-state index in [0.29, 0.717) is 23.5 Å². The zero-order valence-corrected chi connectivity index (χ0v) is 18.0. The minimum atomic E-state index is -4.31. The van der Waals surface area contributed by atoms with Crippen molar-refractivity contribution in [3.63, 3.8) is 0 Å². The second-order valence-electron chi connectivity index (χ2n) is 6.79. The van der Waals surface area contributed by atoms with Gasteiger partial charge >= 0.3 is 5.97 Å². The molecule has 1 aliphatic heterocycles. The maximum atomic E-state index is 13.5. The number of hydrogen-bond acceptors (Lipinski definition) is 8. The Labute approximate surface area is 179 Å². The van der Waals surface area contributed by atoms with Crippen molar-refractivity contribution in [2.75, 3.05) is 27.9 Å². The zero-order valence-electron chi connectivity index (χ0n) is 17.2. The minimum absolute atomic E-state index is 0.0263. The molecule has 31 heavy (non-hydrogen) atoms. The SMILES string of the molecule is COC(=O)CC1c2cc(OC)c(OC)cc2CCN1S(=O)(=O)c1ccccc1[N+](=O)[O-]. The Morgan fingerprint density at radius 3 is 2.42 bits per heavy atom. The second-order valence-corrected chi connectivity index (χ2v) is 8.65. The van der Waals surface area contributed by atoms with Crippen LogP contribution < -0.4 is 9.47 Å². The van der Waals surface area contributed by atoms with Crippen molar-refractivity contribution in [2.45, 2.75) is 23.8 Å². The summed E-state index contributed by atoms with van der Waals surface area (Å²) in [5.41, 5.74) is 0.814. The number of carbonyl (C=O) groups excluding carboxylic acids is 1. The van der Waals surface area contributed by atoms with E-state index in [2.05, 4.69) is 0 Å². The predicted molar refractivity (Wildman–Crippen MR) is 110 cm³/mol. The molecule has 11 heteroatoms. The van der Waals surface area contributed by atoms with Gasteiger partial charge in [0.05, 0.1) is 38.7 Å². The van der Waals surface area contributed by atoms with Crippen molar-refractivity contribution in [1.29, 1.82) is 0 Å². The molecule has 166 valence electrons. The first kappa shape index (κ1) is 22.5. The van der Waals surface area contributed by atoms with Crippen LogP contribution in [0.15, 0.2) is 41.3 Å². The number of carbonyl (C=O) groups is 1. The van der Waals surface area contributed by atoms with Crippen molar-refractivity contribution >= 4 is 21.7 Å². The van der Waals surface area contributed by atoms with Crippen LogP contribution >= 0.6 is 0 Å². The number of hydrogen-bond donors (Lipinski definition) is 0. The fourth-order valence-electron chi connectivity index (χ4n) is 3.70. The number of para-hydroxylation sites is 1. The zero-order chi connectivity index (χ0) is 22.8. The lowest BCUT2D eigenvalue weighted by Gasteiger charge is -2.36. The lowest BCUT2D eigenvalue weighted by molar-refractivity contribution is -0.387. The van der Waals surface area contributed by atoms with E-state index in [9.17, 15) is 23.3 Å². The van der Waals surface area contributed by atoms with E-state index < -0.39 is 37.5 Å². The highest BCUT2D eigenvalue weighted by Gasteiger charge is 2.41. The summed E-state index contributed by atoms with van der Waals surface area (Å²) in [7, 11) is -0.158. The molecule has 1 unspecified atom stereocenters. The Kier molecular flexibility index (Phi) is 6.46. The summed E-state index contributed by atoms with van der Waals surface area (Å²) in [4.78, 5) is 22.4. The predicted octanol–water partition coefficient (Wildman–Crippen LogP) is 2.46. The van der Waals surface area contributed by atoms with Crippen LogP contribution in [0.25, 0.3) is 0 Å². The molecule has 1 atom stereocenters. The van der Waals surface area contributed by atoms with Gasteiger partial charge in [0.25, 0.3) is 5.69 Å². The number of rotatable bonds is 7. The van der Waals surface area contributed by atoms with Crippen molar-refractivity contribution in [3.8, 4) is 11.5 Å². The maximum Gasteiger partial charge on any atom is 0.307 e. The number of benzene rings is 2. The minimum Gasteiger partial charge on any atom is -0.493 e. The van der Waals surface area contributed by atoms with E-state index >= 15 is 0 Å². The summed E-state index contributed by atoms with van der Waals surface area (Å²) >= 11 is 0. The van der Waals surface area contributed by atoms with Crippen LogP contribution in [0.3, 0.4) is 0 Å². The topological polar surface area (TPSA) is 125 Å². The number of nitrogens with zero attached hydrogens (tertiary/aromatic N) is 2. The molecule has 0 spiro atoms. The molecule has 1 aliphatic rings. The van der Waals surface area contributed by atoms with Gasteiger partial charge < -0.3 is 14.2 Å². The molecule has 2 aromatic carbocycles. The molecule has 2 aromatic rings. The average Bonchev–Trinajstić information content (AvgIpc) is 2.77. The third kappa shape index (κ3) is 4.19. The molecule has 0 bridgehead atoms. The Hall–Kier alpha value is -3.18.